The minimum Gasteiger partial charge on any atom is -0.484 e. The van der Waals surface area contributed by atoms with Crippen molar-refractivity contribution in [1.82, 2.24) is 5.32 Å². The summed E-state index contributed by atoms with van der Waals surface area (Å²) in [4.78, 5) is 11.0. The van der Waals surface area contributed by atoms with Crippen molar-refractivity contribution in [3.05, 3.63) is 23.8 Å². The van der Waals surface area contributed by atoms with E-state index in [0.29, 0.717) is 17.8 Å². The van der Waals surface area contributed by atoms with Gasteiger partial charge in [0.15, 0.2) is 6.61 Å². The van der Waals surface area contributed by atoms with Crippen LogP contribution in [0, 0.1) is 0 Å². The van der Waals surface area contributed by atoms with Crippen molar-refractivity contribution < 1.29 is 19.2 Å². The number of amides is 1. The number of rotatable bonds is 3. The van der Waals surface area contributed by atoms with Crippen LogP contribution in [-0.4, -0.2) is 31.7 Å². The molecule has 5 nitrogen and oxygen atoms in total. The van der Waals surface area contributed by atoms with Gasteiger partial charge in [-0.15, -0.1) is 0 Å². The Morgan fingerprint density at radius 3 is 3.25 bits per heavy atom. The quantitative estimate of drug-likeness (QED) is 0.644. The first-order valence-electron chi connectivity index (χ1n) is 4.97. The Kier molecular flexibility index (Phi) is 3.12. The monoisotopic (exact) mass is 221 g/mol. The van der Waals surface area contributed by atoms with Crippen molar-refractivity contribution in [2.45, 2.75) is 6.61 Å². The molecule has 16 heavy (non-hydrogen) atoms. The number of carbonyl (C=O) groups excluding carboxylic acids is 1. The van der Waals surface area contributed by atoms with Crippen LogP contribution in [0.5, 0.6) is 5.75 Å². The lowest BCUT2D eigenvalue weighted by Crippen LogP contribution is -2.32. The smallest absolute Gasteiger partial charge is 0.484 e. The first-order chi connectivity index (χ1) is 7.72. The fourth-order valence-corrected chi connectivity index (χ4v) is 1.59. The van der Waals surface area contributed by atoms with E-state index in [1.165, 1.54) is 0 Å². The van der Waals surface area contributed by atoms with Crippen LogP contribution in [0.3, 0.4) is 0 Å². The van der Waals surface area contributed by atoms with E-state index >= 15 is 0 Å². The maximum absolute atomic E-state index is 11.0. The molecule has 1 aliphatic heterocycles. The Balaban J connectivity index is 2.16. The van der Waals surface area contributed by atoms with E-state index < -0.39 is 7.12 Å². The maximum Gasteiger partial charge on any atom is 0.495 e. The van der Waals surface area contributed by atoms with Crippen molar-refractivity contribution in [2.75, 3.05) is 13.7 Å². The Morgan fingerprint density at radius 2 is 2.50 bits per heavy atom. The lowest BCUT2D eigenvalue weighted by molar-refractivity contribution is -0.122. The summed E-state index contributed by atoms with van der Waals surface area (Å²) in [7, 11) is 0.579. The standard InChI is InChI=1S/C10H12BNO4/c1-12-9(13)6-15-8-4-2-3-7-5-16-11(14)10(7)8/h2-4,14H,5-6H2,1H3,(H,12,13). The van der Waals surface area contributed by atoms with Crippen molar-refractivity contribution in [2.24, 2.45) is 0 Å². The third kappa shape index (κ3) is 2.03. The number of carbonyl (C=O) groups is 1. The summed E-state index contributed by atoms with van der Waals surface area (Å²) in [5, 5.41) is 12.0. The number of likely N-dealkylation sites (N-methyl/N-ethyl adjacent to an activating group) is 1. The van der Waals surface area contributed by atoms with Crippen LogP contribution in [0.2, 0.25) is 0 Å². The van der Waals surface area contributed by atoms with Crippen molar-refractivity contribution in [3.63, 3.8) is 0 Å². The second-order valence-electron chi connectivity index (χ2n) is 3.45. The van der Waals surface area contributed by atoms with Gasteiger partial charge in [-0.1, -0.05) is 12.1 Å². The van der Waals surface area contributed by atoms with Gasteiger partial charge in [0.1, 0.15) is 5.75 Å². The van der Waals surface area contributed by atoms with Crippen LogP contribution < -0.4 is 15.5 Å². The average Bonchev–Trinajstić information content (AvgIpc) is 2.69. The molecule has 0 saturated carbocycles. The molecule has 0 atom stereocenters. The van der Waals surface area contributed by atoms with E-state index in [-0.39, 0.29) is 12.5 Å². The zero-order valence-electron chi connectivity index (χ0n) is 8.90. The van der Waals surface area contributed by atoms with Crippen LogP contribution in [-0.2, 0) is 16.1 Å². The first kappa shape index (κ1) is 11.0. The number of hydrogen-bond donors (Lipinski definition) is 2. The molecule has 84 valence electrons. The Bertz CT molecular complexity index is 410. The minimum atomic E-state index is -0.962. The molecule has 2 rings (SSSR count). The fourth-order valence-electron chi connectivity index (χ4n) is 1.59. The summed E-state index contributed by atoms with van der Waals surface area (Å²) < 4.78 is 10.4. The van der Waals surface area contributed by atoms with Gasteiger partial charge in [-0.3, -0.25) is 4.79 Å². The number of nitrogens with one attached hydrogen (secondary N) is 1. The molecule has 0 unspecified atom stereocenters. The Labute approximate surface area is 93.5 Å². The van der Waals surface area contributed by atoms with Crippen LogP contribution in [0.1, 0.15) is 5.56 Å². The minimum absolute atomic E-state index is 0.0698. The lowest BCUT2D eigenvalue weighted by Gasteiger charge is -2.09. The molecule has 1 aromatic carbocycles. The molecule has 0 aromatic heterocycles. The molecular formula is C10H12BNO4. The number of ether oxygens (including phenoxy) is 1. The van der Waals surface area contributed by atoms with E-state index in [9.17, 15) is 9.82 Å². The summed E-state index contributed by atoms with van der Waals surface area (Å²) in [5.74, 6) is 0.275. The summed E-state index contributed by atoms with van der Waals surface area (Å²) in [6, 6.07) is 5.37. The molecule has 0 saturated heterocycles. The predicted octanol–water partition coefficient (Wildman–Crippen LogP) is -0.971. The number of benzene rings is 1. The molecule has 0 fully saturated rings. The van der Waals surface area contributed by atoms with Gasteiger partial charge in [-0.05, 0) is 11.6 Å². The van der Waals surface area contributed by atoms with Gasteiger partial charge in [0.05, 0.1) is 6.61 Å². The topological polar surface area (TPSA) is 67.8 Å². The molecule has 1 aromatic rings. The van der Waals surface area contributed by atoms with E-state index in [1.54, 1.807) is 19.2 Å². The molecule has 0 aliphatic carbocycles. The molecular weight excluding hydrogens is 209 g/mol. The van der Waals surface area contributed by atoms with Crippen molar-refractivity contribution >= 4 is 18.5 Å². The lowest BCUT2D eigenvalue weighted by atomic mass is 9.79. The summed E-state index contributed by atoms with van der Waals surface area (Å²) >= 11 is 0. The van der Waals surface area contributed by atoms with Crippen molar-refractivity contribution in [3.8, 4) is 5.75 Å². The summed E-state index contributed by atoms with van der Waals surface area (Å²) in [5.41, 5.74) is 1.51. The van der Waals surface area contributed by atoms with Gasteiger partial charge in [-0.25, -0.2) is 0 Å². The fraction of sp³-hybridized carbons (Fsp3) is 0.300. The third-order valence-electron chi connectivity index (χ3n) is 2.44. The van der Waals surface area contributed by atoms with Crippen molar-refractivity contribution in [1.29, 1.82) is 0 Å². The van der Waals surface area contributed by atoms with Gasteiger partial charge in [-0.2, -0.15) is 0 Å². The molecule has 2 N–H and O–H groups in total. The van der Waals surface area contributed by atoms with Gasteiger partial charge in [0, 0.05) is 12.5 Å². The molecule has 1 aliphatic rings. The maximum atomic E-state index is 11.0. The van der Waals surface area contributed by atoms with Gasteiger partial charge < -0.3 is 19.7 Å². The Hall–Kier alpha value is -1.53. The number of hydrogen-bond acceptors (Lipinski definition) is 4. The second kappa shape index (κ2) is 4.55. The summed E-state index contributed by atoms with van der Waals surface area (Å²) in [6.07, 6.45) is 0. The molecule has 0 bridgehead atoms. The number of fused-ring (bicyclic) bond motifs is 1. The van der Waals surface area contributed by atoms with Crippen LogP contribution in [0.15, 0.2) is 18.2 Å². The van der Waals surface area contributed by atoms with Gasteiger partial charge >= 0.3 is 7.12 Å². The highest BCUT2D eigenvalue weighted by Crippen LogP contribution is 2.17. The SMILES string of the molecule is CNC(=O)COc1cccc2c1B(O)OC2. The van der Waals surface area contributed by atoms with Crippen LogP contribution in [0.25, 0.3) is 0 Å². The highest BCUT2D eigenvalue weighted by atomic mass is 16.5. The zero-order chi connectivity index (χ0) is 11.5. The van der Waals surface area contributed by atoms with Gasteiger partial charge in [0.25, 0.3) is 5.91 Å². The zero-order valence-corrected chi connectivity index (χ0v) is 8.90. The molecule has 6 heteroatoms. The van der Waals surface area contributed by atoms with Crippen LogP contribution >= 0.6 is 0 Å². The molecule has 1 amide bonds. The highest BCUT2D eigenvalue weighted by Gasteiger charge is 2.30. The van der Waals surface area contributed by atoms with E-state index in [2.05, 4.69) is 5.32 Å². The highest BCUT2D eigenvalue weighted by molar-refractivity contribution is 6.62. The largest absolute Gasteiger partial charge is 0.495 e. The second-order valence-corrected chi connectivity index (χ2v) is 3.45. The predicted molar refractivity (Wildman–Crippen MR) is 58.4 cm³/mol. The van der Waals surface area contributed by atoms with E-state index in [4.69, 9.17) is 9.39 Å². The first-order valence-corrected chi connectivity index (χ1v) is 4.97. The Morgan fingerprint density at radius 1 is 1.69 bits per heavy atom. The normalized spacial score (nSPS) is 13.5. The van der Waals surface area contributed by atoms with Gasteiger partial charge in [0.2, 0.25) is 0 Å². The average molecular weight is 221 g/mol. The van der Waals surface area contributed by atoms with E-state index in [1.807, 2.05) is 6.07 Å². The van der Waals surface area contributed by atoms with E-state index in [0.717, 1.165) is 5.56 Å². The summed E-state index contributed by atoms with van der Waals surface area (Å²) in [6.45, 7) is 0.299. The molecule has 1 heterocycles. The molecule has 0 spiro atoms. The molecule has 0 radical (unpaired) electrons. The van der Waals surface area contributed by atoms with Crippen LogP contribution in [0.4, 0.5) is 0 Å². The third-order valence-corrected chi connectivity index (χ3v) is 2.44.